The number of aromatic nitrogens is 2. The van der Waals surface area contributed by atoms with Gasteiger partial charge in [-0.3, -0.25) is 4.90 Å². The van der Waals surface area contributed by atoms with E-state index in [1.807, 2.05) is 24.6 Å². The maximum Gasteiger partial charge on any atom is 0.195 e. The number of furan rings is 1. The summed E-state index contributed by atoms with van der Waals surface area (Å²) in [5, 5.41) is 0. The first kappa shape index (κ1) is 13.5. The van der Waals surface area contributed by atoms with E-state index >= 15 is 0 Å². The minimum Gasteiger partial charge on any atom is -0.501 e. The second kappa shape index (κ2) is 5.93. The minimum atomic E-state index is 0.681. The lowest BCUT2D eigenvalue weighted by Gasteiger charge is -2.29. The zero-order valence-corrected chi connectivity index (χ0v) is 12.5. The Balaban J connectivity index is 1.48. The van der Waals surface area contributed by atoms with Gasteiger partial charge in [-0.15, -0.1) is 0 Å². The highest BCUT2D eigenvalue weighted by atomic mass is 16.5. The fraction of sp³-hybridized carbons (Fsp3) is 0.412. The lowest BCUT2D eigenvalue weighted by Crippen LogP contribution is -2.33. The van der Waals surface area contributed by atoms with Crippen LogP contribution in [0.5, 0.6) is 0 Å². The fourth-order valence-corrected chi connectivity index (χ4v) is 3.06. The monoisotopic (exact) mass is 297 g/mol. The average molecular weight is 297 g/mol. The molecule has 2 aromatic heterocycles. The highest BCUT2D eigenvalue weighted by Crippen LogP contribution is 2.22. The molecule has 5 heteroatoms. The Morgan fingerprint density at radius 1 is 1.27 bits per heavy atom. The summed E-state index contributed by atoms with van der Waals surface area (Å²) in [6, 6.07) is 3.76. The molecule has 0 bridgehead atoms. The summed E-state index contributed by atoms with van der Waals surface area (Å²) < 4.78 is 10.8. The van der Waals surface area contributed by atoms with E-state index in [9.17, 15) is 0 Å². The molecule has 2 aliphatic heterocycles. The van der Waals surface area contributed by atoms with Crippen LogP contribution in [-0.2, 0) is 17.7 Å². The number of fused-ring (bicyclic) bond motifs is 1. The first-order valence-corrected chi connectivity index (χ1v) is 7.79. The molecule has 0 aliphatic carbocycles. The SMILES string of the molecule is C1=C(CN2CCc3nc(-c4ccco4)ncc3C2)CCCO1. The molecule has 4 rings (SSSR count). The molecular weight excluding hydrogens is 278 g/mol. The van der Waals surface area contributed by atoms with Crippen LogP contribution < -0.4 is 0 Å². The smallest absolute Gasteiger partial charge is 0.195 e. The van der Waals surface area contributed by atoms with Crippen LogP contribution in [0.4, 0.5) is 0 Å². The number of ether oxygens (including phenoxy) is 1. The van der Waals surface area contributed by atoms with Crippen LogP contribution in [0.3, 0.4) is 0 Å². The van der Waals surface area contributed by atoms with Crippen molar-refractivity contribution < 1.29 is 9.15 Å². The van der Waals surface area contributed by atoms with Crippen molar-refractivity contribution in [3.8, 4) is 11.6 Å². The normalized spacial score (nSPS) is 18.5. The summed E-state index contributed by atoms with van der Waals surface area (Å²) in [6.07, 6.45) is 8.77. The van der Waals surface area contributed by atoms with Gasteiger partial charge >= 0.3 is 0 Å². The molecule has 0 atom stereocenters. The van der Waals surface area contributed by atoms with Crippen molar-refractivity contribution in [1.82, 2.24) is 14.9 Å². The molecule has 0 saturated heterocycles. The van der Waals surface area contributed by atoms with Gasteiger partial charge in [-0.1, -0.05) is 0 Å². The van der Waals surface area contributed by atoms with Crippen molar-refractivity contribution in [2.45, 2.75) is 25.8 Å². The van der Waals surface area contributed by atoms with Gasteiger partial charge in [0, 0.05) is 37.8 Å². The van der Waals surface area contributed by atoms with Gasteiger partial charge in [0.2, 0.25) is 0 Å². The molecule has 5 nitrogen and oxygen atoms in total. The third-order valence-corrected chi connectivity index (χ3v) is 4.19. The molecule has 0 fully saturated rings. The molecule has 0 radical (unpaired) electrons. The fourth-order valence-electron chi connectivity index (χ4n) is 3.06. The molecule has 0 aromatic carbocycles. The Morgan fingerprint density at radius 2 is 2.27 bits per heavy atom. The number of hydrogen-bond donors (Lipinski definition) is 0. The Bertz CT molecular complexity index is 679. The molecule has 2 aromatic rings. The number of hydrogen-bond acceptors (Lipinski definition) is 5. The largest absolute Gasteiger partial charge is 0.501 e. The maximum absolute atomic E-state index is 5.43. The zero-order chi connectivity index (χ0) is 14.8. The van der Waals surface area contributed by atoms with Gasteiger partial charge in [0.1, 0.15) is 0 Å². The highest BCUT2D eigenvalue weighted by molar-refractivity contribution is 5.46. The summed E-state index contributed by atoms with van der Waals surface area (Å²) in [7, 11) is 0. The van der Waals surface area contributed by atoms with E-state index in [0.29, 0.717) is 5.82 Å². The molecule has 114 valence electrons. The second-order valence-electron chi connectivity index (χ2n) is 5.85. The van der Waals surface area contributed by atoms with Gasteiger partial charge in [-0.05, 0) is 30.5 Å². The Labute approximate surface area is 129 Å². The molecule has 22 heavy (non-hydrogen) atoms. The molecule has 2 aliphatic rings. The van der Waals surface area contributed by atoms with Gasteiger partial charge in [0.05, 0.1) is 24.8 Å². The molecule has 0 unspecified atom stereocenters. The van der Waals surface area contributed by atoms with Gasteiger partial charge in [0.25, 0.3) is 0 Å². The van der Waals surface area contributed by atoms with Gasteiger partial charge < -0.3 is 9.15 Å². The summed E-state index contributed by atoms with van der Waals surface area (Å²) in [4.78, 5) is 11.6. The summed E-state index contributed by atoms with van der Waals surface area (Å²) in [6.45, 7) is 3.78. The Morgan fingerprint density at radius 3 is 3.09 bits per heavy atom. The quantitative estimate of drug-likeness (QED) is 0.872. The predicted molar refractivity (Wildman–Crippen MR) is 82.0 cm³/mol. The van der Waals surface area contributed by atoms with Crippen molar-refractivity contribution in [2.24, 2.45) is 0 Å². The Kier molecular flexibility index (Phi) is 3.64. The molecule has 4 heterocycles. The van der Waals surface area contributed by atoms with Crippen LogP contribution in [0.25, 0.3) is 11.6 Å². The van der Waals surface area contributed by atoms with Crippen LogP contribution in [0.15, 0.2) is 40.8 Å². The van der Waals surface area contributed by atoms with Crippen molar-refractivity contribution in [3.05, 3.63) is 47.7 Å². The Hall–Kier alpha value is -2.14. The van der Waals surface area contributed by atoms with Crippen molar-refractivity contribution in [2.75, 3.05) is 19.7 Å². The summed E-state index contributed by atoms with van der Waals surface area (Å²) in [5.74, 6) is 1.41. The molecule has 0 N–H and O–H groups in total. The molecule has 0 amide bonds. The maximum atomic E-state index is 5.43. The van der Waals surface area contributed by atoms with Crippen LogP contribution in [0.1, 0.15) is 24.1 Å². The van der Waals surface area contributed by atoms with E-state index in [4.69, 9.17) is 9.15 Å². The van der Waals surface area contributed by atoms with Crippen LogP contribution in [-0.4, -0.2) is 34.6 Å². The predicted octanol–water partition coefficient (Wildman–Crippen LogP) is 2.79. The molecular formula is C17H19N3O2. The van der Waals surface area contributed by atoms with Crippen molar-refractivity contribution in [3.63, 3.8) is 0 Å². The van der Waals surface area contributed by atoms with Gasteiger partial charge in [-0.2, -0.15) is 0 Å². The minimum absolute atomic E-state index is 0.681. The van der Waals surface area contributed by atoms with Crippen LogP contribution in [0.2, 0.25) is 0 Å². The van der Waals surface area contributed by atoms with E-state index in [1.165, 1.54) is 11.1 Å². The summed E-state index contributed by atoms with van der Waals surface area (Å²) >= 11 is 0. The van der Waals surface area contributed by atoms with E-state index in [0.717, 1.165) is 57.0 Å². The van der Waals surface area contributed by atoms with E-state index < -0.39 is 0 Å². The lowest BCUT2D eigenvalue weighted by molar-refractivity contribution is 0.208. The first-order valence-electron chi connectivity index (χ1n) is 7.79. The van der Waals surface area contributed by atoms with Crippen molar-refractivity contribution in [1.29, 1.82) is 0 Å². The first-order chi connectivity index (χ1) is 10.9. The van der Waals surface area contributed by atoms with Gasteiger partial charge in [0.15, 0.2) is 11.6 Å². The van der Waals surface area contributed by atoms with E-state index in [1.54, 1.807) is 6.26 Å². The van der Waals surface area contributed by atoms with Crippen LogP contribution in [0, 0.1) is 0 Å². The third kappa shape index (κ3) is 2.76. The molecule has 0 spiro atoms. The van der Waals surface area contributed by atoms with Crippen LogP contribution >= 0.6 is 0 Å². The zero-order valence-electron chi connectivity index (χ0n) is 12.5. The third-order valence-electron chi connectivity index (χ3n) is 4.19. The lowest BCUT2D eigenvalue weighted by atomic mass is 10.0. The van der Waals surface area contributed by atoms with E-state index in [2.05, 4.69) is 14.9 Å². The number of nitrogens with zero attached hydrogens (tertiary/aromatic N) is 3. The topological polar surface area (TPSA) is 51.4 Å². The standard InChI is InChI=1S/C17H19N3O2/c1-3-13(12-21-7-1)10-20-6-5-15-14(11-20)9-18-17(19-15)16-4-2-8-22-16/h2,4,8-9,12H,1,3,5-7,10-11H2. The number of rotatable bonds is 3. The molecule has 0 saturated carbocycles. The van der Waals surface area contributed by atoms with Gasteiger partial charge in [-0.25, -0.2) is 9.97 Å². The van der Waals surface area contributed by atoms with E-state index in [-0.39, 0.29) is 0 Å². The second-order valence-corrected chi connectivity index (χ2v) is 5.85. The van der Waals surface area contributed by atoms with Crippen molar-refractivity contribution >= 4 is 0 Å². The highest BCUT2D eigenvalue weighted by Gasteiger charge is 2.20. The average Bonchev–Trinajstić information content (AvgIpc) is 3.10. The summed E-state index contributed by atoms with van der Waals surface area (Å²) in [5.41, 5.74) is 3.76.